The lowest BCUT2D eigenvalue weighted by Crippen LogP contribution is -2.37. The zero-order chi connectivity index (χ0) is 20.6. The van der Waals surface area contributed by atoms with Gasteiger partial charge in [0.05, 0.1) is 35.9 Å². The average molecular weight is 404 g/mol. The summed E-state index contributed by atoms with van der Waals surface area (Å²) >= 11 is 0. The Kier molecular flexibility index (Phi) is 7.57. The number of nitrogens with two attached hydrogens (primary N) is 2. The van der Waals surface area contributed by atoms with Gasteiger partial charge in [0.1, 0.15) is 11.9 Å². The molecule has 3 rings (SSSR count). The second-order valence-corrected chi connectivity index (χ2v) is 7.89. The highest BCUT2D eigenvalue weighted by atomic mass is 16.6. The van der Waals surface area contributed by atoms with Crippen LogP contribution in [-0.2, 0) is 4.74 Å². The van der Waals surface area contributed by atoms with Crippen LogP contribution in [0.5, 0.6) is 5.75 Å². The molecular formula is C21H33N5O3. The van der Waals surface area contributed by atoms with E-state index in [4.69, 9.17) is 21.1 Å². The standard InChI is InChI=1S/C21H33N5O3/c1-26(23)19(14-25-21(27)29-16-9-5-6-10-16)20(22)18-12-11-17(13-24-18)28-15-7-3-2-4-8-15/h11-13,15-16H,2-10,14,22-23H2,1H3,(H,25,27)/b20-19-. The summed E-state index contributed by atoms with van der Waals surface area (Å²) in [5.41, 5.74) is 7.83. The molecule has 0 radical (unpaired) electrons. The van der Waals surface area contributed by atoms with Gasteiger partial charge in [-0.15, -0.1) is 0 Å². The Morgan fingerprint density at radius 1 is 1.14 bits per heavy atom. The van der Waals surface area contributed by atoms with E-state index in [9.17, 15) is 4.79 Å². The number of rotatable bonds is 7. The first kappa shape index (κ1) is 21.2. The third-order valence-electron chi connectivity index (χ3n) is 5.58. The van der Waals surface area contributed by atoms with Crippen LogP contribution in [0.1, 0.15) is 63.5 Å². The molecule has 29 heavy (non-hydrogen) atoms. The number of carbonyl (C=O) groups is 1. The highest BCUT2D eigenvalue weighted by Gasteiger charge is 2.20. The van der Waals surface area contributed by atoms with Gasteiger partial charge in [-0.25, -0.2) is 10.6 Å². The minimum atomic E-state index is -0.451. The van der Waals surface area contributed by atoms with Crippen molar-refractivity contribution >= 4 is 11.8 Å². The predicted octanol–water partition coefficient (Wildman–Crippen LogP) is 2.89. The number of aromatic nitrogens is 1. The number of nitrogens with one attached hydrogen (secondary N) is 1. The molecule has 0 aliphatic heterocycles. The number of hydrogen-bond acceptors (Lipinski definition) is 7. The predicted molar refractivity (Wildman–Crippen MR) is 112 cm³/mol. The van der Waals surface area contributed by atoms with E-state index in [1.165, 1.54) is 24.3 Å². The number of amides is 1. The molecule has 0 aromatic carbocycles. The molecule has 8 nitrogen and oxygen atoms in total. The minimum absolute atomic E-state index is 0.00811. The van der Waals surface area contributed by atoms with E-state index in [1.54, 1.807) is 13.2 Å². The first-order chi connectivity index (χ1) is 14.0. The third kappa shape index (κ3) is 6.25. The highest BCUT2D eigenvalue weighted by Crippen LogP contribution is 2.24. The molecule has 160 valence electrons. The molecule has 0 bridgehead atoms. The molecule has 2 aliphatic carbocycles. The summed E-state index contributed by atoms with van der Waals surface area (Å²) in [6.07, 6.45) is 11.5. The fourth-order valence-electron chi connectivity index (χ4n) is 3.90. The maximum absolute atomic E-state index is 12.0. The molecule has 0 atom stereocenters. The molecule has 2 aliphatic rings. The molecule has 1 heterocycles. The fraction of sp³-hybridized carbons (Fsp3) is 0.619. The first-order valence-corrected chi connectivity index (χ1v) is 10.6. The van der Waals surface area contributed by atoms with Gasteiger partial charge in [0.2, 0.25) is 0 Å². The lowest BCUT2D eigenvalue weighted by molar-refractivity contribution is 0.101. The van der Waals surface area contributed by atoms with Gasteiger partial charge in [-0.3, -0.25) is 4.98 Å². The van der Waals surface area contributed by atoms with E-state index in [1.807, 2.05) is 12.1 Å². The second-order valence-electron chi connectivity index (χ2n) is 7.89. The van der Waals surface area contributed by atoms with Crippen molar-refractivity contribution < 1.29 is 14.3 Å². The Balaban J connectivity index is 1.59. The Labute approximate surface area is 172 Å². The van der Waals surface area contributed by atoms with Crippen LogP contribution < -0.4 is 21.6 Å². The lowest BCUT2D eigenvalue weighted by Gasteiger charge is -2.23. The van der Waals surface area contributed by atoms with Crippen molar-refractivity contribution in [1.82, 2.24) is 15.3 Å². The van der Waals surface area contributed by atoms with E-state index < -0.39 is 6.09 Å². The van der Waals surface area contributed by atoms with Crippen LogP contribution >= 0.6 is 0 Å². The summed E-state index contributed by atoms with van der Waals surface area (Å²) in [6.45, 7) is 0.159. The van der Waals surface area contributed by atoms with Crippen molar-refractivity contribution in [2.75, 3.05) is 13.6 Å². The zero-order valence-corrected chi connectivity index (χ0v) is 17.2. The molecule has 5 N–H and O–H groups in total. The van der Waals surface area contributed by atoms with Crippen molar-refractivity contribution in [2.45, 2.75) is 70.0 Å². The number of likely N-dealkylation sites (N-methyl/N-ethyl adjacent to an activating group) is 1. The molecule has 8 heteroatoms. The van der Waals surface area contributed by atoms with Gasteiger partial charge in [-0.1, -0.05) is 6.42 Å². The second kappa shape index (κ2) is 10.3. The van der Waals surface area contributed by atoms with Gasteiger partial charge >= 0.3 is 6.09 Å². The van der Waals surface area contributed by atoms with Crippen LogP contribution in [0, 0.1) is 0 Å². The molecule has 1 aromatic rings. The highest BCUT2D eigenvalue weighted by molar-refractivity contribution is 5.69. The number of hydrazine groups is 1. The maximum Gasteiger partial charge on any atom is 0.407 e. The van der Waals surface area contributed by atoms with E-state index in [-0.39, 0.29) is 18.8 Å². The van der Waals surface area contributed by atoms with Gasteiger partial charge in [-0.05, 0) is 63.5 Å². The van der Waals surface area contributed by atoms with Crippen LogP contribution in [0.4, 0.5) is 4.79 Å². The number of ether oxygens (including phenoxy) is 2. The van der Waals surface area contributed by atoms with Crippen LogP contribution in [-0.4, -0.2) is 41.9 Å². The number of hydrogen-bond donors (Lipinski definition) is 3. The van der Waals surface area contributed by atoms with Crippen LogP contribution in [0.25, 0.3) is 5.70 Å². The molecular weight excluding hydrogens is 370 g/mol. The van der Waals surface area contributed by atoms with Gasteiger partial charge in [0, 0.05) is 7.05 Å². The summed E-state index contributed by atoms with van der Waals surface area (Å²) in [6, 6.07) is 3.69. The van der Waals surface area contributed by atoms with E-state index in [0.29, 0.717) is 17.1 Å². The number of nitrogens with zero attached hydrogens (tertiary/aromatic N) is 2. The fourth-order valence-corrected chi connectivity index (χ4v) is 3.90. The van der Waals surface area contributed by atoms with Crippen LogP contribution in [0.2, 0.25) is 0 Å². The lowest BCUT2D eigenvalue weighted by atomic mass is 9.98. The van der Waals surface area contributed by atoms with E-state index >= 15 is 0 Å². The van der Waals surface area contributed by atoms with Crippen molar-refractivity contribution in [3.63, 3.8) is 0 Å². The van der Waals surface area contributed by atoms with Gasteiger partial charge < -0.3 is 25.5 Å². The molecule has 0 spiro atoms. The van der Waals surface area contributed by atoms with Crippen LogP contribution in [0.15, 0.2) is 24.0 Å². The minimum Gasteiger partial charge on any atom is -0.489 e. The first-order valence-electron chi connectivity index (χ1n) is 10.6. The Hall–Kier alpha value is -2.48. The quantitative estimate of drug-likeness (QED) is 0.473. The molecule has 1 amide bonds. The van der Waals surface area contributed by atoms with Crippen molar-refractivity contribution in [3.05, 3.63) is 29.7 Å². The van der Waals surface area contributed by atoms with Crippen molar-refractivity contribution in [2.24, 2.45) is 11.6 Å². The summed E-state index contributed by atoms with van der Waals surface area (Å²) in [4.78, 5) is 16.5. The molecule has 2 fully saturated rings. The Bertz CT molecular complexity index is 693. The van der Waals surface area contributed by atoms with Crippen LogP contribution in [0.3, 0.4) is 0 Å². The summed E-state index contributed by atoms with van der Waals surface area (Å²) < 4.78 is 11.4. The molecule has 2 saturated carbocycles. The van der Waals surface area contributed by atoms with Gasteiger partial charge in [-0.2, -0.15) is 0 Å². The smallest absolute Gasteiger partial charge is 0.407 e. The van der Waals surface area contributed by atoms with Crippen molar-refractivity contribution in [1.29, 1.82) is 0 Å². The number of carbonyl (C=O) groups excluding carboxylic acids is 1. The molecule has 0 saturated heterocycles. The third-order valence-corrected chi connectivity index (χ3v) is 5.58. The maximum atomic E-state index is 12.0. The van der Waals surface area contributed by atoms with E-state index in [2.05, 4.69) is 10.3 Å². The van der Waals surface area contributed by atoms with E-state index in [0.717, 1.165) is 44.3 Å². The largest absolute Gasteiger partial charge is 0.489 e. The summed E-state index contributed by atoms with van der Waals surface area (Å²) in [5.74, 6) is 6.67. The summed E-state index contributed by atoms with van der Waals surface area (Å²) in [5, 5.41) is 4.12. The normalized spacial score (nSPS) is 18.8. The zero-order valence-electron chi connectivity index (χ0n) is 17.2. The number of pyridine rings is 1. The molecule has 0 unspecified atom stereocenters. The SMILES string of the molecule is CN(N)/C(CNC(=O)OC1CCCC1)=C(\N)c1ccc(OC2CCCCC2)cn1. The Morgan fingerprint density at radius 3 is 2.41 bits per heavy atom. The van der Waals surface area contributed by atoms with Gasteiger partial charge in [0.25, 0.3) is 0 Å². The van der Waals surface area contributed by atoms with Gasteiger partial charge in [0.15, 0.2) is 0 Å². The monoisotopic (exact) mass is 403 g/mol. The average Bonchev–Trinajstić information content (AvgIpc) is 3.22. The topological polar surface area (TPSA) is 116 Å². The number of alkyl carbamates (subject to hydrolysis) is 1. The molecule has 1 aromatic heterocycles. The Morgan fingerprint density at radius 2 is 1.79 bits per heavy atom. The summed E-state index contributed by atoms with van der Waals surface area (Å²) in [7, 11) is 1.67. The van der Waals surface area contributed by atoms with Crippen molar-refractivity contribution in [3.8, 4) is 5.75 Å².